The summed E-state index contributed by atoms with van der Waals surface area (Å²) in [6.45, 7) is 6.02. The lowest BCUT2D eigenvalue weighted by Gasteiger charge is -2.13. The molecule has 5 heteroatoms. The fraction of sp³-hybridized carbons (Fsp3) is 0.500. The fourth-order valence-electron chi connectivity index (χ4n) is 2.82. The SMILES string of the molecule is CCc1ccc(C)n2nc(N3CCCC3)c(N=O)c12. The van der Waals surface area contributed by atoms with Crippen molar-refractivity contribution in [1.82, 2.24) is 9.61 Å². The van der Waals surface area contributed by atoms with Gasteiger partial charge in [-0.15, -0.1) is 10.0 Å². The van der Waals surface area contributed by atoms with Gasteiger partial charge in [0, 0.05) is 18.8 Å². The maximum atomic E-state index is 11.3. The zero-order chi connectivity index (χ0) is 13.4. The standard InChI is InChI=1S/C14H18N4O/c1-3-11-7-6-10(2)18-13(11)12(16-19)14(15-18)17-8-4-5-9-17/h6-7H,3-5,8-9H2,1-2H3. The molecule has 3 heterocycles. The Labute approximate surface area is 112 Å². The Kier molecular flexibility index (Phi) is 2.97. The van der Waals surface area contributed by atoms with Crippen molar-refractivity contribution < 1.29 is 0 Å². The van der Waals surface area contributed by atoms with E-state index in [9.17, 15) is 4.91 Å². The molecule has 0 spiro atoms. The van der Waals surface area contributed by atoms with Crippen LogP contribution in [0.15, 0.2) is 17.3 Å². The molecule has 0 bridgehead atoms. The highest BCUT2D eigenvalue weighted by atomic mass is 16.3. The molecule has 5 nitrogen and oxygen atoms in total. The van der Waals surface area contributed by atoms with Gasteiger partial charge in [-0.1, -0.05) is 13.0 Å². The third-order valence-corrected chi connectivity index (χ3v) is 3.88. The van der Waals surface area contributed by atoms with Crippen LogP contribution in [0.1, 0.15) is 31.0 Å². The summed E-state index contributed by atoms with van der Waals surface area (Å²) in [5.41, 5.74) is 3.53. The molecule has 1 aliphatic heterocycles. The minimum atomic E-state index is 0.502. The van der Waals surface area contributed by atoms with Crippen molar-refractivity contribution in [1.29, 1.82) is 0 Å². The molecule has 0 unspecified atom stereocenters. The average molecular weight is 258 g/mol. The highest BCUT2D eigenvalue weighted by Crippen LogP contribution is 2.36. The Bertz CT molecular complexity index is 626. The largest absolute Gasteiger partial charge is 0.353 e. The molecule has 2 aromatic rings. The van der Waals surface area contributed by atoms with Crippen LogP contribution in [0, 0.1) is 11.8 Å². The summed E-state index contributed by atoms with van der Waals surface area (Å²) in [5.74, 6) is 0.747. The van der Waals surface area contributed by atoms with E-state index in [1.807, 2.05) is 17.5 Å². The lowest BCUT2D eigenvalue weighted by atomic mass is 10.1. The number of aryl methyl sites for hydroxylation is 2. The van der Waals surface area contributed by atoms with Crippen LogP contribution in [-0.2, 0) is 6.42 Å². The second-order valence-electron chi connectivity index (χ2n) is 5.07. The van der Waals surface area contributed by atoms with Gasteiger partial charge in [0.25, 0.3) is 0 Å². The van der Waals surface area contributed by atoms with E-state index in [0.29, 0.717) is 5.69 Å². The number of nitrogens with zero attached hydrogens (tertiary/aromatic N) is 4. The fourth-order valence-corrected chi connectivity index (χ4v) is 2.82. The van der Waals surface area contributed by atoms with E-state index >= 15 is 0 Å². The molecule has 3 rings (SSSR count). The average Bonchev–Trinajstić information content (AvgIpc) is 3.06. The summed E-state index contributed by atoms with van der Waals surface area (Å²) in [5, 5.41) is 7.90. The third-order valence-electron chi connectivity index (χ3n) is 3.88. The van der Waals surface area contributed by atoms with Crippen LogP contribution in [0.5, 0.6) is 0 Å². The van der Waals surface area contributed by atoms with E-state index in [2.05, 4.69) is 28.2 Å². The molecular formula is C14H18N4O. The Hall–Kier alpha value is -1.91. The van der Waals surface area contributed by atoms with Crippen molar-refractivity contribution in [3.63, 3.8) is 0 Å². The lowest BCUT2D eigenvalue weighted by molar-refractivity contribution is 0.860. The predicted octanol–water partition coefficient (Wildman–Crippen LogP) is 3.20. The quantitative estimate of drug-likeness (QED) is 0.794. The van der Waals surface area contributed by atoms with Gasteiger partial charge in [0.15, 0.2) is 11.5 Å². The second kappa shape index (κ2) is 4.64. The van der Waals surface area contributed by atoms with Crippen molar-refractivity contribution in [2.24, 2.45) is 5.18 Å². The molecule has 1 fully saturated rings. The van der Waals surface area contributed by atoms with Crippen molar-refractivity contribution in [2.75, 3.05) is 18.0 Å². The summed E-state index contributed by atoms with van der Waals surface area (Å²) >= 11 is 0. The van der Waals surface area contributed by atoms with Crippen molar-refractivity contribution in [3.05, 3.63) is 28.3 Å². The highest BCUT2D eigenvalue weighted by Gasteiger charge is 2.24. The molecule has 0 aliphatic carbocycles. The van der Waals surface area contributed by atoms with E-state index < -0.39 is 0 Å². The Balaban J connectivity index is 2.28. The minimum absolute atomic E-state index is 0.502. The normalized spacial score (nSPS) is 15.4. The number of rotatable bonds is 3. The molecule has 0 amide bonds. The molecule has 2 aromatic heterocycles. The molecule has 0 saturated carbocycles. The lowest BCUT2D eigenvalue weighted by Crippen LogP contribution is -2.18. The van der Waals surface area contributed by atoms with Gasteiger partial charge in [0.2, 0.25) is 0 Å². The number of hydrogen-bond donors (Lipinski definition) is 0. The smallest absolute Gasteiger partial charge is 0.181 e. The first-order valence-corrected chi connectivity index (χ1v) is 6.85. The van der Waals surface area contributed by atoms with Gasteiger partial charge in [-0.3, -0.25) is 0 Å². The number of aromatic nitrogens is 2. The van der Waals surface area contributed by atoms with Crippen LogP contribution in [0.3, 0.4) is 0 Å². The van der Waals surface area contributed by atoms with Crippen LogP contribution in [-0.4, -0.2) is 22.7 Å². The van der Waals surface area contributed by atoms with Gasteiger partial charge in [0.05, 0.1) is 0 Å². The third kappa shape index (κ3) is 1.80. The summed E-state index contributed by atoms with van der Waals surface area (Å²) in [4.78, 5) is 13.5. The minimum Gasteiger partial charge on any atom is -0.353 e. The van der Waals surface area contributed by atoms with Gasteiger partial charge in [-0.2, -0.15) is 0 Å². The number of anilines is 1. The predicted molar refractivity (Wildman–Crippen MR) is 76.2 cm³/mol. The van der Waals surface area contributed by atoms with Crippen LogP contribution >= 0.6 is 0 Å². The number of hydrogen-bond acceptors (Lipinski definition) is 4. The molecule has 0 aromatic carbocycles. The highest BCUT2D eigenvalue weighted by molar-refractivity contribution is 5.83. The van der Waals surface area contributed by atoms with E-state index in [-0.39, 0.29) is 0 Å². The second-order valence-corrected chi connectivity index (χ2v) is 5.07. The van der Waals surface area contributed by atoms with E-state index in [4.69, 9.17) is 0 Å². The Morgan fingerprint density at radius 2 is 2.05 bits per heavy atom. The van der Waals surface area contributed by atoms with Crippen molar-refractivity contribution in [2.45, 2.75) is 33.1 Å². The Morgan fingerprint density at radius 1 is 1.32 bits per heavy atom. The summed E-state index contributed by atoms with van der Waals surface area (Å²) < 4.78 is 1.86. The van der Waals surface area contributed by atoms with E-state index in [0.717, 1.165) is 54.9 Å². The maximum absolute atomic E-state index is 11.3. The van der Waals surface area contributed by atoms with Crippen LogP contribution in [0.2, 0.25) is 0 Å². The first kappa shape index (κ1) is 12.1. The monoisotopic (exact) mass is 258 g/mol. The summed E-state index contributed by atoms with van der Waals surface area (Å²) in [6, 6.07) is 4.11. The summed E-state index contributed by atoms with van der Waals surface area (Å²) in [6.07, 6.45) is 3.19. The number of fused-ring (bicyclic) bond motifs is 1. The zero-order valence-electron chi connectivity index (χ0n) is 11.4. The van der Waals surface area contributed by atoms with E-state index in [1.165, 1.54) is 0 Å². The molecule has 0 N–H and O–H groups in total. The van der Waals surface area contributed by atoms with Gasteiger partial charge in [0.1, 0.15) is 5.52 Å². The Morgan fingerprint density at radius 3 is 2.68 bits per heavy atom. The summed E-state index contributed by atoms with van der Waals surface area (Å²) in [7, 11) is 0. The van der Waals surface area contributed by atoms with Crippen molar-refractivity contribution in [3.8, 4) is 0 Å². The zero-order valence-corrected chi connectivity index (χ0v) is 11.4. The first-order chi connectivity index (χ1) is 9.26. The maximum Gasteiger partial charge on any atom is 0.181 e. The van der Waals surface area contributed by atoms with Gasteiger partial charge >= 0.3 is 0 Å². The van der Waals surface area contributed by atoms with Crippen LogP contribution in [0.4, 0.5) is 11.5 Å². The molecule has 100 valence electrons. The van der Waals surface area contributed by atoms with Gasteiger partial charge < -0.3 is 4.90 Å². The van der Waals surface area contributed by atoms with E-state index in [1.54, 1.807) is 0 Å². The van der Waals surface area contributed by atoms with Gasteiger partial charge in [-0.05, 0) is 43.0 Å². The topological polar surface area (TPSA) is 50.0 Å². The molecular weight excluding hydrogens is 240 g/mol. The number of nitroso groups, excluding NO2 is 1. The molecule has 0 atom stereocenters. The number of pyridine rings is 1. The van der Waals surface area contributed by atoms with Crippen LogP contribution in [0.25, 0.3) is 5.52 Å². The molecule has 0 radical (unpaired) electrons. The van der Waals surface area contributed by atoms with Crippen LogP contribution < -0.4 is 4.90 Å². The van der Waals surface area contributed by atoms with Gasteiger partial charge in [-0.25, -0.2) is 4.52 Å². The molecule has 1 saturated heterocycles. The first-order valence-electron chi connectivity index (χ1n) is 6.85. The van der Waals surface area contributed by atoms with Crippen molar-refractivity contribution >= 4 is 17.0 Å². The molecule has 1 aliphatic rings. The molecule has 19 heavy (non-hydrogen) atoms.